The highest BCUT2D eigenvalue weighted by Gasteiger charge is 2.22. The Balaban J connectivity index is 1.42. The maximum atomic E-state index is 5.90. The number of nitrogens with zero attached hydrogens (tertiary/aromatic N) is 3. The molecule has 126 valence electrons. The number of rotatable bonds is 8. The number of hydrogen-bond donors (Lipinski definition) is 2. The van der Waals surface area contributed by atoms with Crippen LogP contribution >= 0.6 is 0 Å². The normalized spacial score (nSPS) is 14.4. The number of aromatic nitrogens is 2. The lowest BCUT2D eigenvalue weighted by atomic mass is 10.2. The van der Waals surface area contributed by atoms with Crippen LogP contribution in [0.1, 0.15) is 24.1 Å². The predicted octanol–water partition coefficient (Wildman–Crippen LogP) is 1.91. The molecule has 0 spiro atoms. The van der Waals surface area contributed by atoms with E-state index in [1.807, 2.05) is 30.3 Å². The molecule has 3 N–H and O–H groups in total. The van der Waals surface area contributed by atoms with Crippen molar-refractivity contribution in [3.63, 3.8) is 0 Å². The predicted molar refractivity (Wildman–Crippen MR) is 93.7 cm³/mol. The summed E-state index contributed by atoms with van der Waals surface area (Å²) in [4.78, 5) is 12.9. The molecule has 0 aromatic carbocycles. The van der Waals surface area contributed by atoms with Crippen LogP contribution in [0, 0.1) is 5.92 Å². The van der Waals surface area contributed by atoms with Gasteiger partial charge in [0.25, 0.3) is 0 Å². The highest BCUT2D eigenvalue weighted by Crippen LogP contribution is 2.29. The zero-order chi connectivity index (χ0) is 16.6. The van der Waals surface area contributed by atoms with Crippen molar-refractivity contribution in [2.75, 3.05) is 13.2 Å². The second-order valence-corrected chi connectivity index (χ2v) is 5.96. The van der Waals surface area contributed by atoms with Crippen molar-refractivity contribution in [2.45, 2.75) is 25.8 Å². The Bertz CT molecular complexity index is 670. The Morgan fingerprint density at radius 1 is 1.25 bits per heavy atom. The lowest BCUT2D eigenvalue weighted by Gasteiger charge is -2.07. The first-order valence-corrected chi connectivity index (χ1v) is 8.31. The van der Waals surface area contributed by atoms with Crippen LogP contribution in [-0.2, 0) is 13.0 Å². The van der Waals surface area contributed by atoms with Gasteiger partial charge in [0.05, 0.1) is 13.2 Å². The van der Waals surface area contributed by atoms with Gasteiger partial charge in [-0.15, -0.1) is 0 Å². The molecule has 0 aliphatic heterocycles. The molecule has 1 aliphatic rings. The molecule has 1 fully saturated rings. The number of nitrogens with two attached hydrogens (primary N) is 1. The lowest BCUT2D eigenvalue weighted by molar-refractivity contribution is 0.288. The maximum absolute atomic E-state index is 5.90. The fourth-order valence-corrected chi connectivity index (χ4v) is 2.21. The van der Waals surface area contributed by atoms with E-state index in [1.54, 1.807) is 12.4 Å². The molecule has 2 aromatic heterocycles. The number of nitrogens with one attached hydrogen (secondary N) is 1. The van der Waals surface area contributed by atoms with E-state index in [4.69, 9.17) is 10.5 Å². The summed E-state index contributed by atoms with van der Waals surface area (Å²) in [5, 5.41) is 3.11. The molecular formula is C18H23N5O. The topological polar surface area (TPSA) is 85.4 Å². The molecule has 0 atom stereocenters. The molecule has 0 bridgehead atoms. The Hall–Kier alpha value is -2.63. The third-order valence-electron chi connectivity index (χ3n) is 3.81. The summed E-state index contributed by atoms with van der Waals surface area (Å²) < 4.78 is 5.68. The average molecular weight is 325 g/mol. The van der Waals surface area contributed by atoms with E-state index in [0.29, 0.717) is 30.8 Å². The number of pyridine rings is 2. The third-order valence-corrected chi connectivity index (χ3v) is 3.81. The minimum Gasteiger partial charge on any atom is -0.477 e. The van der Waals surface area contributed by atoms with Crippen LogP contribution in [0.5, 0.6) is 5.88 Å². The monoisotopic (exact) mass is 325 g/mol. The smallest absolute Gasteiger partial charge is 0.213 e. The molecule has 0 amide bonds. The van der Waals surface area contributed by atoms with Crippen LogP contribution in [0.4, 0.5) is 0 Å². The molecule has 1 saturated carbocycles. The van der Waals surface area contributed by atoms with Crippen LogP contribution in [0.25, 0.3) is 0 Å². The van der Waals surface area contributed by atoms with Crippen LogP contribution in [0.2, 0.25) is 0 Å². The molecular weight excluding hydrogens is 302 g/mol. The molecule has 6 nitrogen and oxygen atoms in total. The molecule has 0 radical (unpaired) electrons. The largest absolute Gasteiger partial charge is 0.477 e. The summed E-state index contributed by atoms with van der Waals surface area (Å²) in [6, 6.07) is 9.73. The quantitative estimate of drug-likeness (QED) is 0.572. The van der Waals surface area contributed by atoms with E-state index in [2.05, 4.69) is 20.3 Å². The number of hydrogen-bond acceptors (Lipinski definition) is 4. The van der Waals surface area contributed by atoms with Gasteiger partial charge in [-0.3, -0.25) is 4.98 Å². The van der Waals surface area contributed by atoms with E-state index in [-0.39, 0.29) is 0 Å². The molecule has 1 aliphatic carbocycles. The highest BCUT2D eigenvalue weighted by atomic mass is 16.5. The van der Waals surface area contributed by atoms with Crippen molar-refractivity contribution < 1.29 is 4.74 Å². The van der Waals surface area contributed by atoms with E-state index in [1.165, 1.54) is 12.8 Å². The van der Waals surface area contributed by atoms with Crippen molar-refractivity contribution in [3.05, 3.63) is 54.0 Å². The third kappa shape index (κ3) is 5.53. The van der Waals surface area contributed by atoms with Crippen LogP contribution in [-0.4, -0.2) is 29.1 Å². The standard InChI is InChI=1S/C18H23N5O/c19-18(22-10-7-16-3-1-2-8-20-16)23-12-15-6-9-21-17(11-15)24-13-14-4-5-14/h1-3,6,8-9,11,14H,4-5,7,10,12-13H2,(H3,19,22,23). The van der Waals surface area contributed by atoms with Gasteiger partial charge in [0.2, 0.25) is 5.88 Å². The number of guanidine groups is 1. The van der Waals surface area contributed by atoms with E-state index in [9.17, 15) is 0 Å². The Morgan fingerprint density at radius 2 is 2.17 bits per heavy atom. The van der Waals surface area contributed by atoms with Gasteiger partial charge in [0.1, 0.15) is 0 Å². The maximum Gasteiger partial charge on any atom is 0.213 e. The zero-order valence-corrected chi connectivity index (χ0v) is 13.7. The Morgan fingerprint density at radius 3 is 2.96 bits per heavy atom. The molecule has 0 saturated heterocycles. The SMILES string of the molecule is NC(=NCc1ccnc(OCC2CC2)c1)NCCc1ccccn1. The van der Waals surface area contributed by atoms with Crippen molar-refractivity contribution >= 4 is 5.96 Å². The summed E-state index contributed by atoms with van der Waals surface area (Å²) in [5.41, 5.74) is 7.97. The number of aliphatic imine (C=N–C) groups is 1. The van der Waals surface area contributed by atoms with E-state index >= 15 is 0 Å². The minimum absolute atomic E-state index is 0.434. The van der Waals surface area contributed by atoms with Gasteiger partial charge >= 0.3 is 0 Å². The van der Waals surface area contributed by atoms with E-state index < -0.39 is 0 Å². The first-order valence-electron chi connectivity index (χ1n) is 8.31. The molecule has 6 heteroatoms. The summed E-state index contributed by atoms with van der Waals surface area (Å²) in [6.07, 6.45) is 6.89. The van der Waals surface area contributed by atoms with Crippen LogP contribution < -0.4 is 15.8 Å². The summed E-state index contributed by atoms with van der Waals surface area (Å²) in [6.45, 7) is 1.97. The first kappa shape index (κ1) is 16.2. The van der Waals surface area contributed by atoms with Crippen molar-refractivity contribution in [1.29, 1.82) is 0 Å². The summed E-state index contributed by atoms with van der Waals surface area (Å²) in [7, 11) is 0. The van der Waals surface area contributed by atoms with Gasteiger partial charge < -0.3 is 15.8 Å². The molecule has 24 heavy (non-hydrogen) atoms. The fraction of sp³-hybridized carbons (Fsp3) is 0.389. The van der Waals surface area contributed by atoms with Crippen molar-refractivity contribution in [1.82, 2.24) is 15.3 Å². The van der Waals surface area contributed by atoms with Gasteiger partial charge in [-0.05, 0) is 42.5 Å². The lowest BCUT2D eigenvalue weighted by Crippen LogP contribution is -2.33. The van der Waals surface area contributed by atoms with Gasteiger partial charge in [-0.2, -0.15) is 0 Å². The van der Waals surface area contributed by atoms with Crippen LogP contribution in [0.3, 0.4) is 0 Å². The molecule has 2 heterocycles. The molecule has 3 rings (SSSR count). The molecule has 0 unspecified atom stereocenters. The Labute approximate surface area is 142 Å². The van der Waals surface area contributed by atoms with E-state index in [0.717, 1.165) is 24.3 Å². The number of ether oxygens (including phenoxy) is 1. The second kappa shape index (κ2) is 8.29. The van der Waals surface area contributed by atoms with Crippen molar-refractivity contribution in [3.8, 4) is 5.88 Å². The first-order chi connectivity index (χ1) is 11.8. The highest BCUT2D eigenvalue weighted by molar-refractivity contribution is 5.77. The van der Waals surface area contributed by atoms with Gasteiger partial charge in [-0.1, -0.05) is 6.07 Å². The zero-order valence-electron chi connectivity index (χ0n) is 13.7. The average Bonchev–Trinajstić information content (AvgIpc) is 3.44. The summed E-state index contributed by atoms with van der Waals surface area (Å²) >= 11 is 0. The van der Waals surface area contributed by atoms with Gasteiger partial charge in [-0.25, -0.2) is 9.98 Å². The second-order valence-electron chi connectivity index (χ2n) is 5.96. The molecule has 2 aromatic rings. The fourth-order valence-electron chi connectivity index (χ4n) is 2.21. The van der Waals surface area contributed by atoms with Gasteiger partial charge in [0.15, 0.2) is 5.96 Å². The van der Waals surface area contributed by atoms with Crippen LogP contribution in [0.15, 0.2) is 47.7 Å². The van der Waals surface area contributed by atoms with Crippen molar-refractivity contribution in [2.24, 2.45) is 16.6 Å². The van der Waals surface area contributed by atoms with Gasteiger partial charge in [0, 0.05) is 37.1 Å². The summed E-state index contributed by atoms with van der Waals surface area (Å²) in [5.74, 6) is 1.81. The Kier molecular flexibility index (Phi) is 5.61. The minimum atomic E-state index is 0.434.